The molecule has 0 saturated carbocycles. The van der Waals surface area contributed by atoms with Crippen molar-refractivity contribution in [2.24, 2.45) is 0 Å². The Bertz CT molecular complexity index is 686. The second-order valence-electron chi connectivity index (χ2n) is 4.16. The number of hydrogen-bond acceptors (Lipinski definition) is 2. The molecule has 2 N–H and O–H groups in total. The predicted octanol–water partition coefficient (Wildman–Crippen LogP) is 4.43. The highest BCUT2D eigenvalue weighted by molar-refractivity contribution is 9.10. The van der Waals surface area contributed by atoms with Gasteiger partial charge in [-0.15, -0.1) is 0 Å². The molecule has 3 nitrogen and oxygen atoms in total. The van der Waals surface area contributed by atoms with Crippen LogP contribution in [0.2, 0.25) is 0 Å². The zero-order chi connectivity index (χ0) is 15.6. The van der Waals surface area contributed by atoms with Crippen LogP contribution in [0.15, 0.2) is 46.9 Å². The number of aromatic hydroxyl groups is 1. The first-order valence-corrected chi connectivity index (χ1v) is 6.54. The number of alkyl halides is 3. The monoisotopic (exact) mass is 359 g/mol. The van der Waals surface area contributed by atoms with Gasteiger partial charge in [-0.05, 0) is 30.3 Å². The maximum Gasteiger partial charge on any atom is 0.417 e. The molecule has 0 radical (unpaired) electrons. The Labute approximate surface area is 126 Å². The van der Waals surface area contributed by atoms with E-state index in [1.165, 1.54) is 24.3 Å². The highest BCUT2D eigenvalue weighted by Gasteiger charge is 2.35. The van der Waals surface area contributed by atoms with Crippen molar-refractivity contribution >= 4 is 27.5 Å². The van der Waals surface area contributed by atoms with E-state index in [1.54, 1.807) is 6.07 Å². The van der Waals surface area contributed by atoms with E-state index < -0.39 is 23.2 Å². The average Bonchev–Trinajstić information content (AvgIpc) is 2.40. The summed E-state index contributed by atoms with van der Waals surface area (Å²) in [6.07, 6.45) is -4.66. The Kier molecular flexibility index (Phi) is 4.22. The highest BCUT2D eigenvalue weighted by Crippen LogP contribution is 2.34. The normalized spacial score (nSPS) is 11.2. The van der Waals surface area contributed by atoms with Gasteiger partial charge in [-0.1, -0.05) is 28.1 Å². The summed E-state index contributed by atoms with van der Waals surface area (Å²) >= 11 is 2.94. The Morgan fingerprint density at radius 2 is 1.81 bits per heavy atom. The summed E-state index contributed by atoms with van der Waals surface area (Å²) in [6, 6.07) is 9.03. The second-order valence-corrected chi connectivity index (χ2v) is 5.07. The fourth-order valence-corrected chi connectivity index (χ4v) is 2.08. The largest absolute Gasteiger partial charge is 0.506 e. The zero-order valence-corrected chi connectivity index (χ0v) is 12.0. The van der Waals surface area contributed by atoms with Crippen molar-refractivity contribution in [1.29, 1.82) is 0 Å². The van der Waals surface area contributed by atoms with Crippen molar-refractivity contribution in [1.82, 2.24) is 0 Å². The summed E-state index contributed by atoms with van der Waals surface area (Å²) in [4.78, 5) is 12.0. The average molecular weight is 360 g/mol. The van der Waals surface area contributed by atoms with Crippen LogP contribution in [0.3, 0.4) is 0 Å². The molecule has 0 aliphatic rings. The van der Waals surface area contributed by atoms with Crippen LogP contribution in [-0.4, -0.2) is 11.0 Å². The minimum Gasteiger partial charge on any atom is -0.506 e. The van der Waals surface area contributed by atoms with Crippen LogP contribution < -0.4 is 5.32 Å². The van der Waals surface area contributed by atoms with Crippen LogP contribution in [0.25, 0.3) is 0 Å². The standard InChI is InChI=1S/C14H9BrF3NO2/c15-8-5-6-9(10(7-8)14(16,17)18)13(21)19-11-3-1-2-4-12(11)20/h1-7,20H,(H,19,21). The van der Waals surface area contributed by atoms with Gasteiger partial charge in [0.1, 0.15) is 5.75 Å². The van der Waals surface area contributed by atoms with E-state index >= 15 is 0 Å². The molecule has 0 fully saturated rings. The summed E-state index contributed by atoms with van der Waals surface area (Å²) in [5.74, 6) is -1.17. The third-order valence-electron chi connectivity index (χ3n) is 2.68. The molecule has 0 spiro atoms. The molecule has 110 valence electrons. The smallest absolute Gasteiger partial charge is 0.417 e. The number of carbonyl (C=O) groups is 1. The minimum absolute atomic E-state index is 0.0403. The molecular weight excluding hydrogens is 351 g/mol. The molecule has 2 aromatic carbocycles. The maximum atomic E-state index is 13.0. The van der Waals surface area contributed by atoms with Crippen LogP contribution in [0.1, 0.15) is 15.9 Å². The topological polar surface area (TPSA) is 49.3 Å². The molecule has 21 heavy (non-hydrogen) atoms. The number of anilines is 1. The molecule has 0 aliphatic carbocycles. The van der Waals surface area contributed by atoms with E-state index in [-0.39, 0.29) is 15.9 Å². The van der Waals surface area contributed by atoms with Gasteiger partial charge < -0.3 is 10.4 Å². The first-order valence-electron chi connectivity index (χ1n) is 5.75. The van der Waals surface area contributed by atoms with E-state index in [1.807, 2.05) is 0 Å². The van der Waals surface area contributed by atoms with Crippen molar-refractivity contribution in [2.45, 2.75) is 6.18 Å². The van der Waals surface area contributed by atoms with Crippen molar-refractivity contribution in [2.75, 3.05) is 5.32 Å². The second kappa shape index (κ2) is 5.77. The van der Waals surface area contributed by atoms with Gasteiger partial charge in [-0.25, -0.2) is 0 Å². The molecule has 0 bridgehead atoms. The van der Waals surface area contributed by atoms with Crippen LogP contribution in [0.4, 0.5) is 18.9 Å². The number of rotatable bonds is 2. The maximum absolute atomic E-state index is 13.0. The van der Waals surface area contributed by atoms with E-state index in [2.05, 4.69) is 21.2 Å². The first kappa shape index (κ1) is 15.4. The van der Waals surface area contributed by atoms with E-state index in [9.17, 15) is 23.1 Å². The summed E-state index contributed by atoms with van der Waals surface area (Å²) in [7, 11) is 0. The molecule has 0 saturated heterocycles. The highest BCUT2D eigenvalue weighted by atomic mass is 79.9. The van der Waals surface area contributed by atoms with Gasteiger partial charge in [0.2, 0.25) is 0 Å². The number of para-hydroxylation sites is 2. The molecule has 0 aromatic heterocycles. The molecule has 0 atom stereocenters. The number of amides is 1. The SMILES string of the molecule is O=C(Nc1ccccc1O)c1ccc(Br)cc1C(F)(F)F. The van der Waals surface area contributed by atoms with E-state index in [0.29, 0.717) is 0 Å². The Morgan fingerprint density at radius 1 is 1.14 bits per heavy atom. The van der Waals surface area contributed by atoms with Gasteiger partial charge >= 0.3 is 6.18 Å². The lowest BCUT2D eigenvalue weighted by atomic mass is 10.1. The third kappa shape index (κ3) is 3.55. The number of halogens is 4. The number of phenols is 1. The third-order valence-corrected chi connectivity index (χ3v) is 3.18. The molecule has 2 rings (SSSR count). The quantitative estimate of drug-likeness (QED) is 0.779. The summed E-state index contributed by atoms with van der Waals surface area (Å²) < 4.78 is 39.1. The number of hydrogen-bond donors (Lipinski definition) is 2. The molecule has 7 heteroatoms. The summed E-state index contributed by atoms with van der Waals surface area (Å²) in [5, 5.41) is 11.8. The van der Waals surface area contributed by atoms with Gasteiger partial charge in [0.05, 0.1) is 16.8 Å². The number of benzene rings is 2. The summed E-state index contributed by atoms with van der Waals surface area (Å²) in [5.41, 5.74) is -1.53. The Balaban J connectivity index is 2.38. The zero-order valence-electron chi connectivity index (χ0n) is 10.4. The molecule has 2 aromatic rings. The van der Waals surface area contributed by atoms with Crippen LogP contribution in [0, 0.1) is 0 Å². The predicted molar refractivity (Wildman–Crippen MR) is 75.2 cm³/mol. The lowest BCUT2D eigenvalue weighted by Crippen LogP contribution is -2.18. The van der Waals surface area contributed by atoms with Gasteiger partial charge in [-0.3, -0.25) is 4.79 Å². The minimum atomic E-state index is -4.66. The van der Waals surface area contributed by atoms with E-state index in [4.69, 9.17) is 0 Å². The molecular formula is C14H9BrF3NO2. The fraction of sp³-hybridized carbons (Fsp3) is 0.0714. The molecule has 0 heterocycles. The van der Waals surface area contributed by atoms with Gasteiger partial charge in [0.25, 0.3) is 5.91 Å². The Morgan fingerprint density at radius 3 is 2.43 bits per heavy atom. The van der Waals surface area contributed by atoms with E-state index in [0.717, 1.165) is 12.1 Å². The molecule has 1 amide bonds. The van der Waals surface area contributed by atoms with Crippen LogP contribution >= 0.6 is 15.9 Å². The van der Waals surface area contributed by atoms with Gasteiger partial charge in [0, 0.05) is 4.47 Å². The Hall–Kier alpha value is -2.02. The number of nitrogens with one attached hydrogen (secondary N) is 1. The summed E-state index contributed by atoms with van der Waals surface area (Å²) in [6.45, 7) is 0. The number of carbonyl (C=O) groups excluding carboxylic acids is 1. The van der Waals surface area contributed by atoms with Crippen molar-refractivity contribution in [3.8, 4) is 5.75 Å². The van der Waals surface area contributed by atoms with Crippen molar-refractivity contribution in [3.63, 3.8) is 0 Å². The lowest BCUT2D eigenvalue weighted by Gasteiger charge is -2.13. The number of phenolic OH excluding ortho intramolecular Hbond substituents is 1. The first-order chi connectivity index (χ1) is 9.79. The van der Waals surface area contributed by atoms with Gasteiger partial charge in [0.15, 0.2) is 0 Å². The fourth-order valence-electron chi connectivity index (χ4n) is 1.72. The van der Waals surface area contributed by atoms with Crippen molar-refractivity contribution in [3.05, 3.63) is 58.1 Å². The lowest BCUT2D eigenvalue weighted by molar-refractivity contribution is -0.137. The van der Waals surface area contributed by atoms with Crippen LogP contribution in [-0.2, 0) is 6.18 Å². The van der Waals surface area contributed by atoms with Gasteiger partial charge in [-0.2, -0.15) is 13.2 Å². The van der Waals surface area contributed by atoms with Crippen LogP contribution in [0.5, 0.6) is 5.75 Å². The molecule has 0 unspecified atom stereocenters. The van der Waals surface area contributed by atoms with Crippen molar-refractivity contribution < 1.29 is 23.1 Å². The molecule has 0 aliphatic heterocycles.